The molecule has 0 saturated heterocycles. The van der Waals surface area contributed by atoms with E-state index in [1.54, 1.807) is 0 Å². The van der Waals surface area contributed by atoms with Gasteiger partial charge in [0.15, 0.2) is 32.2 Å². The lowest BCUT2D eigenvalue weighted by atomic mass is 10.2. The summed E-state index contributed by atoms with van der Waals surface area (Å²) in [5.74, 6) is 1.24. The number of aldehydes is 1. The fraction of sp³-hybridized carbons (Fsp3) is 0.643. The van der Waals surface area contributed by atoms with Crippen LogP contribution in [0, 0.1) is 0 Å². The molecule has 0 aromatic carbocycles. The van der Waals surface area contributed by atoms with Gasteiger partial charge in [-0.15, -0.1) is 11.3 Å². The van der Waals surface area contributed by atoms with Crippen LogP contribution in [0.15, 0.2) is 5.38 Å². The van der Waals surface area contributed by atoms with Gasteiger partial charge in [-0.1, -0.05) is 20.8 Å². The van der Waals surface area contributed by atoms with Gasteiger partial charge in [0.1, 0.15) is 11.5 Å². The number of hydrogen-bond donors (Lipinski definition) is 0. The van der Waals surface area contributed by atoms with Gasteiger partial charge in [-0.25, -0.2) is 0 Å². The van der Waals surface area contributed by atoms with Crippen molar-refractivity contribution in [3.05, 3.63) is 10.3 Å². The minimum atomic E-state index is -1.79. The highest BCUT2D eigenvalue weighted by Crippen LogP contribution is 2.40. The molecular weight excluding hydrogens is 292 g/mol. The van der Waals surface area contributed by atoms with Gasteiger partial charge in [0.2, 0.25) is 0 Å². The van der Waals surface area contributed by atoms with Crippen molar-refractivity contribution in [3.63, 3.8) is 0 Å². The third-order valence-corrected chi connectivity index (χ3v) is 9.36. The van der Waals surface area contributed by atoms with Crippen LogP contribution in [0.2, 0.25) is 18.1 Å². The Kier molecular flexibility index (Phi) is 4.27. The number of fused-ring (bicyclic) bond motifs is 1. The summed E-state index contributed by atoms with van der Waals surface area (Å²) in [6.07, 6.45) is 0.661. The van der Waals surface area contributed by atoms with Gasteiger partial charge in [-0.05, 0) is 18.1 Å². The van der Waals surface area contributed by atoms with Gasteiger partial charge in [0, 0.05) is 5.38 Å². The van der Waals surface area contributed by atoms with Crippen LogP contribution >= 0.6 is 11.3 Å². The zero-order chi connectivity index (χ0) is 15.0. The van der Waals surface area contributed by atoms with Gasteiger partial charge in [-0.3, -0.25) is 4.79 Å². The molecule has 2 heterocycles. The monoisotopic (exact) mass is 314 g/mol. The molecule has 2 rings (SSSR count). The lowest BCUT2D eigenvalue weighted by molar-refractivity contribution is 0.0495. The molecule has 1 atom stereocenters. The highest BCUT2D eigenvalue weighted by molar-refractivity contribution is 7.12. The van der Waals surface area contributed by atoms with Crippen molar-refractivity contribution in [2.75, 3.05) is 13.2 Å². The highest BCUT2D eigenvalue weighted by Gasteiger charge is 2.38. The second-order valence-electron chi connectivity index (χ2n) is 6.53. The maximum Gasteiger partial charge on any atom is 0.192 e. The minimum Gasteiger partial charge on any atom is -0.485 e. The SMILES string of the molecule is CC(C)(C)[Si](C)(C)OCC1COc2csc(C=O)c2O1. The van der Waals surface area contributed by atoms with E-state index in [1.165, 1.54) is 11.3 Å². The van der Waals surface area contributed by atoms with E-state index in [9.17, 15) is 4.79 Å². The van der Waals surface area contributed by atoms with Crippen molar-refractivity contribution in [3.8, 4) is 11.5 Å². The normalized spacial score (nSPS) is 18.9. The largest absolute Gasteiger partial charge is 0.485 e. The third kappa shape index (κ3) is 3.07. The number of carbonyl (C=O) groups excluding carboxylic acids is 1. The molecule has 1 aromatic heterocycles. The molecule has 1 aromatic rings. The highest BCUT2D eigenvalue weighted by atomic mass is 32.1. The Morgan fingerprint density at radius 1 is 1.50 bits per heavy atom. The zero-order valence-corrected chi connectivity index (χ0v) is 14.5. The summed E-state index contributed by atoms with van der Waals surface area (Å²) < 4.78 is 17.6. The molecule has 0 amide bonds. The summed E-state index contributed by atoms with van der Waals surface area (Å²) >= 11 is 1.35. The van der Waals surface area contributed by atoms with Crippen LogP contribution in [0.25, 0.3) is 0 Å². The summed E-state index contributed by atoms with van der Waals surface area (Å²) in [5, 5.41) is 1.98. The van der Waals surface area contributed by atoms with Crippen molar-refractivity contribution >= 4 is 25.9 Å². The molecule has 112 valence electrons. The standard InChI is InChI=1S/C14H22O4SSi/c1-14(2,3)20(4,5)17-8-10-7-16-11-9-19-12(6-15)13(11)18-10/h6,9-10H,7-8H2,1-5H3. The average molecular weight is 314 g/mol. The predicted octanol–water partition coefficient (Wildman–Crippen LogP) is 3.72. The number of carbonyl (C=O) groups is 1. The summed E-state index contributed by atoms with van der Waals surface area (Å²) in [5.41, 5.74) is 0. The molecule has 1 aliphatic heterocycles. The Morgan fingerprint density at radius 3 is 2.80 bits per heavy atom. The molecule has 4 nitrogen and oxygen atoms in total. The van der Waals surface area contributed by atoms with E-state index in [0.29, 0.717) is 29.6 Å². The molecular formula is C14H22O4SSi. The topological polar surface area (TPSA) is 44.8 Å². The number of rotatable bonds is 4. The van der Waals surface area contributed by atoms with Crippen molar-refractivity contribution in [2.45, 2.75) is 45.0 Å². The molecule has 0 fully saturated rings. The van der Waals surface area contributed by atoms with Gasteiger partial charge >= 0.3 is 0 Å². The first kappa shape index (κ1) is 15.5. The second-order valence-corrected chi connectivity index (χ2v) is 12.3. The van der Waals surface area contributed by atoms with Crippen LogP contribution in [0.4, 0.5) is 0 Å². The fourth-order valence-corrected chi connectivity index (χ4v) is 3.38. The summed E-state index contributed by atoms with van der Waals surface area (Å²) in [6, 6.07) is 0. The summed E-state index contributed by atoms with van der Waals surface area (Å²) in [7, 11) is -1.79. The molecule has 1 aliphatic rings. The lowest BCUT2D eigenvalue weighted by Crippen LogP contribution is -2.45. The maximum absolute atomic E-state index is 10.9. The quantitative estimate of drug-likeness (QED) is 0.627. The molecule has 6 heteroatoms. The van der Waals surface area contributed by atoms with Gasteiger partial charge < -0.3 is 13.9 Å². The Morgan fingerprint density at radius 2 is 2.20 bits per heavy atom. The molecule has 0 bridgehead atoms. The Balaban J connectivity index is 1.98. The van der Waals surface area contributed by atoms with Crippen molar-refractivity contribution < 1.29 is 18.7 Å². The van der Waals surface area contributed by atoms with Crippen molar-refractivity contribution in [1.29, 1.82) is 0 Å². The van der Waals surface area contributed by atoms with Crippen LogP contribution in [0.3, 0.4) is 0 Å². The van der Waals surface area contributed by atoms with Gasteiger partial charge in [0.25, 0.3) is 0 Å². The van der Waals surface area contributed by atoms with E-state index in [2.05, 4.69) is 33.9 Å². The Labute approximate surface area is 125 Å². The van der Waals surface area contributed by atoms with E-state index < -0.39 is 8.32 Å². The molecule has 0 radical (unpaired) electrons. The maximum atomic E-state index is 10.9. The van der Waals surface area contributed by atoms with Crippen LogP contribution in [0.1, 0.15) is 30.4 Å². The van der Waals surface area contributed by atoms with Crippen LogP contribution in [-0.2, 0) is 4.43 Å². The number of ether oxygens (including phenoxy) is 2. The van der Waals surface area contributed by atoms with Crippen molar-refractivity contribution in [1.82, 2.24) is 0 Å². The third-order valence-electron chi connectivity index (χ3n) is 3.99. The van der Waals surface area contributed by atoms with Crippen LogP contribution < -0.4 is 9.47 Å². The Bertz CT molecular complexity index is 490. The zero-order valence-electron chi connectivity index (χ0n) is 12.7. The molecule has 20 heavy (non-hydrogen) atoms. The first-order valence-corrected chi connectivity index (χ1v) is 10.5. The molecule has 0 spiro atoms. The first-order valence-electron chi connectivity index (χ1n) is 6.74. The average Bonchev–Trinajstić information content (AvgIpc) is 2.77. The number of thiophene rings is 1. The van der Waals surface area contributed by atoms with E-state index in [4.69, 9.17) is 13.9 Å². The second kappa shape index (κ2) is 5.50. The van der Waals surface area contributed by atoms with Crippen LogP contribution in [0.5, 0.6) is 11.5 Å². The Hall–Kier alpha value is -0.853. The molecule has 1 unspecified atom stereocenters. The van der Waals surface area contributed by atoms with Crippen LogP contribution in [-0.4, -0.2) is 33.9 Å². The van der Waals surface area contributed by atoms with E-state index in [-0.39, 0.29) is 11.1 Å². The molecule has 0 aliphatic carbocycles. The molecule has 0 saturated carbocycles. The lowest BCUT2D eigenvalue weighted by Gasteiger charge is -2.37. The van der Waals surface area contributed by atoms with E-state index >= 15 is 0 Å². The summed E-state index contributed by atoms with van der Waals surface area (Å²) in [6.45, 7) is 12.0. The number of hydrogen-bond acceptors (Lipinski definition) is 5. The van der Waals surface area contributed by atoms with Gasteiger partial charge in [-0.2, -0.15) is 0 Å². The van der Waals surface area contributed by atoms with Crippen molar-refractivity contribution in [2.24, 2.45) is 0 Å². The summed E-state index contributed by atoms with van der Waals surface area (Å²) in [4.78, 5) is 11.5. The fourth-order valence-electron chi connectivity index (χ4n) is 1.63. The van der Waals surface area contributed by atoms with Gasteiger partial charge in [0.05, 0.1) is 6.61 Å². The smallest absolute Gasteiger partial charge is 0.192 e. The van der Waals surface area contributed by atoms with E-state index in [1.807, 2.05) is 5.38 Å². The minimum absolute atomic E-state index is 0.148. The van der Waals surface area contributed by atoms with E-state index in [0.717, 1.165) is 6.29 Å². The molecule has 0 N–H and O–H groups in total. The predicted molar refractivity (Wildman–Crippen MR) is 82.8 cm³/mol. The first-order chi connectivity index (χ1) is 9.24.